The SMILES string of the molecule is CCN(CC)CCN1C(=O)C(=O)/C(=C(\O)c2ccc3c(c2)OCCO3)C1c1ccccn1. The van der Waals surface area contributed by atoms with E-state index in [0.29, 0.717) is 49.1 Å². The van der Waals surface area contributed by atoms with Gasteiger partial charge in [0.05, 0.1) is 11.3 Å². The maximum Gasteiger partial charge on any atom is 0.295 e. The number of benzene rings is 1. The fourth-order valence-electron chi connectivity index (χ4n) is 4.09. The Hall–Kier alpha value is -3.39. The molecule has 1 atom stereocenters. The Morgan fingerprint density at radius 3 is 2.56 bits per heavy atom. The molecule has 3 heterocycles. The Labute approximate surface area is 187 Å². The van der Waals surface area contributed by atoms with Gasteiger partial charge in [0, 0.05) is 24.8 Å². The summed E-state index contributed by atoms with van der Waals surface area (Å²) in [4.78, 5) is 34.2. The van der Waals surface area contributed by atoms with Crippen LogP contribution in [0.25, 0.3) is 5.76 Å². The minimum absolute atomic E-state index is 0.0323. The smallest absolute Gasteiger partial charge is 0.295 e. The van der Waals surface area contributed by atoms with Gasteiger partial charge in [0.15, 0.2) is 11.5 Å². The van der Waals surface area contributed by atoms with Crippen LogP contribution in [0.4, 0.5) is 0 Å². The van der Waals surface area contributed by atoms with E-state index in [9.17, 15) is 14.7 Å². The normalized spacial score (nSPS) is 19.6. The van der Waals surface area contributed by atoms with Gasteiger partial charge in [0.2, 0.25) is 0 Å². The van der Waals surface area contributed by atoms with E-state index >= 15 is 0 Å². The van der Waals surface area contributed by atoms with Crippen LogP contribution in [0.15, 0.2) is 48.2 Å². The average Bonchev–Trinajstić information content (AvgIpc) is 3.09. The van der Waals surface area contributed by atoms with Gasteiger partial charge in [0.25, 0.3) is 11.7 Å². The maximum atomic E-state index is 13.1. The number of nitrogens with zero attached hydrogens (tertiary/aromatic N) is 3. The van der Waals surface area contributed by atoms with Crippen LogP contribution in [-0.2, 0) is 9.59 Å². The van der Waals surface area contributed by atoms with Gasteiger partial charge in [-0.15, -0.1) is 0 Å². The van der Waals surface area contributed by atoms with E-state index in [4.69, 9.17) is 9.47 Å². The van der Waals surface area contributed by atoms with E-state index in [1.807, 2.05) is 0 Å². The molecule has 1 aromatic heterocycles. The lowest BCUT2D eigenvalue weighted by Gasteiger charge is -2.27. The topological polar surface area (TPSA) is 92.2 Å². The van der Waals surface area contributed by atoms with Crippen LogP contribution in [0.2, 0.25) is 0 Å². The van der Waals surface area contributed by atoms with Crippen molar-refractivity contribution in [2.75, 3.05) is 39.4 Å². The summed E-state index contributed by atoms with van der Waals surface area (Å²) >= 11 is 0. The zero-order valence-electron chi connectivity index (χ0n) is 18.3. The highest BCUT2D eigenvalue weighted by Crippen LogP contribution is 2.40. The van der Waals surface area contributed by atoms with Crippen molar-refractivity contribution in [2.24, 2.45) is 0 Å². The molecule has 32 heavy (non-hydrogen) atoms. The second-order valence-electron chi connectivity index (χ2n) is 7.63. The minimum Gasteiger partial charge on any atom is -0.507 e. The summed E-state index contributed by atoms with van der Waals surface area (Å²) in [6, 6.07) is 9.54. The van der Waals surface area contributed by atoms with E-state index in [1.165, 1.54) is 4.90 Å². The summed E-state index contributed by atoms with van der Waals surface area (Å²) in [5.41, 5.74) is 0.951. The van der Waals surface area contributed by atoms with Gasteiger partial charge in [-0.25, -0.2) is 0 Å². The Morgan fingerprint density at radius 2 is 1.88 bits per heavy atom. The zero-order valence-corrected chi connectivity index (χ0v) is 18.3. The van der Waals surface area contributed by atoms with Crippen LogP contribution in [0.5, 0.6) is 11.5 Å². The predicted molar refractivity (Wildman–Crippen MR) is 118 cm³/mol. The zero-order chi connectivity index (χ0) is 22.7. The molecular formula is C24H27N3O5. The lowest BCUT2D eigenvalue weighted by atomic mass is 9.98. The molecular weight excluding hydrogens is 410 g/mol. The molecule has 8 nitrogen and oxygen atoms in total. The van der Waals surface area contributed by atoms with Crippen LogP contribution in [0, 0.1) is 0 Å². The standard InChI is InChI=1S/C24H27N3O5/c1-3-26(4-2)11-12-27-21(17-7-5-6-10-25-17)20(23(29)24(27)30)22(28)16-8-9-18-19(15-16)32-14-13-31-18/h5-10,15,21,28H,3-4,11-14H2,1-2H3/b22-20-. The molecule has 4 rings (SSSR count). The summed E-state index contributed by atoms with van der Waals surface area (Å²) in [5, 5.41) is 11.2. The summed E-state index contributed by atoms with van der Waals surface area (Å²) in [5.74, 6) is -0.528. The van der Waals surface area contributed by atoms with Crippen molar-refractivity contribution in [2.45, 2.75) is 19.9 Å². The monoisotopic (exact) mass is 437 g/mol. The number of likely N-dealkylation sites (N-methyl/N-ethyl adjacent to an activating group) is 1. The molecule has 0 spiro atoms. The number of carbonyl (C=O) groups excluding carboxylic acids is 2. The quantitative estimate of drug-likeness (QED) is 0.404. The molecule has 1 N–H and O–H groups in total. The summed E-state index contributed by atoms with van der Waals surface area (Å²) in [7, 11) is 0. The summed E-state index contributed by atoms with van der Waals surface area (Å²) in [6.07, 6.45) is 1.61. The fourth-order valence-corrected chi connectivity index (χ4v) is 4.09. The van der Waals surface area contributed by atoms with Gasteiger partial charge in [-0.1, -0.05) is 19.9 Å². The first-order chi connectivity index (χ1) is 15.5. The second-order valence-corrected chi connectivity index (χ2v) is 7.63. The van der Waals surface area contributed by atoms with Crippen LogP contribution >= 0.6 is 0 Å². The predicted octanol–water partition coefficient (Wildman–Crippen LogP) is 2.62. The summed E-state index contributed by atoms with van der Waals surface area (Å²) in [6.45, 7) is 7.61. The van der Waals surface area contributed by atoms with Gasteiger partial charge >= 0.3 is 0 Å². The van der Waals surface area contributed by atoms with Crippen molar-refractivity contribution < 1.29 is 24.2 Å². The molecule has 1 saturated heterocycles. The first-order valence-corrected chi connectivity index (χ1v) is 10.9. The van der Waals surface area contributed by atoms with E-state index in [0.717, 1.165) is 13.1 Å². The van der Waals surface area contributed by atoms with Crippen molar-refractivity contribution in [3.05, 3.63) is 59.4 Å². The van der Waals surface area contributed by atoms with E-state index in [-0.39, 0.29) is 11.3 Å². The number of rotatable bonds is 7. The first-order valence-electron chi connectivity index (χ1n) is 10.9. The molecule has 1 amide bonds. The Kier molecular flexibility index (Phi) is 6.41. The lowest BCUT2D eigenvalue weighted by molar-refractivity contribution is -0.140. The third-order valence-electron chi connectivity index (χ3n) is 5.88. The van der Waals surface area contributed by atoms with Crippen LogP contribution in [0.1, 0.15) is 31.1 Å². The molecule has 1 fully saturated rings. The van der Waals surface area contributed by atoms with Gasteiger partial charge in [-0.05, 0) is 43.4 Å². The highest BCUT2D eigenvalue weighted by Gasteiger charge is 2.46. The Morgan fingerprint density at radius 1 is 1.12 bits per heavy atom. The number of carbonyl (C=O) groups is 2. The number of ether oxygens (including phenoxy) is 2. The number of aliphatic hydroxyl groups is 1. The molecule has 1 unspecified atom stereocenters. The number of hydrogen-bond acceptors (Lipinski definition) is 7. The number of fused-ring (bicyclic) bond motifs is 1. The van der Waals surface area contributed by atoms with Crippen molar-refractivity contribution >= 4 is 17.4 Å². The number of hydrogen-bond donors (Lipinski definition) is 1. The number of amides is 1. The number of likely N-dealkylation sites (tertiary alicyclic amines) is 1. The lowest BCUT2D eigenvalue weighted by Crippen LogP contribution is -2.38. The molecule has 0 aliphatic carbocycles. The molecule has 8 heteroatoms. The first kappa shape index (κ1) is 21.8. The molecule has 168 valence electrons. The number of aliphatic hydroxyl groups excluding tert-OH is 1. The number of Topliss-reactive ketones (excluding diaryl/α,β-unsaturated/α-hetero) is 1. The largest absolute Gasteiger partial charge is 0.507 e. The highest BCUT2D eigenvalue weighted by atomic mass is 16.6. The van der Waals surface area contributed by atoms with Crippen molar-refractivity contribution in [3.63, 3.8) is 0 Å². The van der Waals surface area contributed by atoms with Crippen LogP contribution < -0.4 is 9.47 Å². The van der Waals surface area contributed by atoms with Gasteiger partial charge in [-0.3, -0.25) is 14.6 Å². The molecule has 2 aliphatic heterocycles. The minimum atomic E-state index is -0.764. The summed E-state index contributed by atoms with van der Waals surface area (Å²) < 4.78 is 11.1. The second kappa shape index (κ2) is 9.40. The Balaban J connectivity index is 1.76. The average molecular weight is 437 g/mol. The molecule has 0 radical (unpaired) electrons. The van der Waals surface area contributed by atoms with Crippen molar-refractivity contribution in [3.8, 4) is 11.5 Å². The van der Waals surface area contributed by atoms with Crippen molar-refractivity contribution in [1.29, 1.82) is 0 Å². The molecule has 2 aromatic rings. The van der Waals surface area contributed by atoms with E-state index in [1.54, 1.807) is 42.6 Å². The molecule has 2 aliphatic rings. The maximum absolute atomic E-state index is 13.1. The van der Waals surface area contributed by atoms with E-state index < -0.39 is 17.7 Å². The third kappa shape index (κ3) is 4.05. The molecule has 0 saturated carbocycles. The van der Waals surface area contributed by atoms with Gasteiger partial charge < -0.3 is 24.4 Å². The molecule has 0 bridgehead atoms. The third-order valence-corrected chi connectivity index (χ3v) is 5.88. The number of pyridine rings is 1. The van der Waals surface area contributed by atoms with Crippen LogP contribution in [0.3, 0.4) is 0 Å². The Bertz CT molecular complexity index is 1030. The number of ketones is 1. The van der Waals surface area contributed by atoms with Gasteiger partial charge in [0.1, 0.15) is 25.0 Å². The fraction of sp³-hybridized carbons (Fsp3) is 0.375. The van der Waals surface area contributed by atoms with Crippen molar-refractivity contribution in [1.82, 2.24) is 14.8 Å². The number of aromatic nitrogens is 1. The molecule has 1 aromatic carbocycles. The van der Waals surface area contributed by atoms with Gasteiger partial charge in [-0.2, -0.15) is 0 Å². The van der Waals surface area contributed by atoms with E-state index in [2.05, 4.69) is 23.7 Å². The van der Waals surface area contributed by atoms with Crippen LogP contribution in [-0.4, -0.2) is 71.0 Å². The highest BCUT2D eigenvalue weighted by molar-refractivity contribution is 6.46.